The Morgan fingerprint density at radius 1 is 0.932 bits per heavy atom. The van der Waals surface area contributed by atoms with Crippen molar-refractivity contribution in [3.8, 4) is 0 Å². The summed E-state index contributed by atoms with van der Waals surface area (Å²) in [5.74, 6) is -0.411. The smallest absolute Gasteiger partial charge is 0.250 e. The number of nitrogens with zero attached hydrogens (tertiary/aromatic N) is 3. The Bertz CT molecular complexity index is 1790. The number of rotatable bonds is 8. The van der Waals surface area contributed by atoms with E-state index in [1.165, 1.54) is 23.1 Å². The van der Waals surface area contributed by atoms with Crippen molar-refractivity contribution in [3.05, 3.63) is 136 Å². The maximum absolute atomic E-state index is 13.8. The van der Waals surface area contributed by atoms with Crippen LogP contribution in [0.5, 0.6) is 0 Å². The molecule has 7 rings (SSSR count). The van der Waals surface area contributed by atoms with Crippen molar-refractivity contribution in [2.24, 2.45) is 0 Å². The van der Waals surface area contributed by atoms with Gasteiger partial charge in [0.2, 0.25) is 11.8 Å². The monoisotopic (exact) mass is 634 g/mol. The Balaban J connectivity index is 1.21. The van der Waals surface area contributed by atoms with Gasteiger partial charge in [0.1, 0.15) is 38.9 Å². The van der Waals surface area contributed by atoms with Gasteiger partial charge in [0.15, 0.2) is 5.05 Å². The lowest BCUT2D eigenvalue weighted by Crippen LogP contribution is -2.73. The number of fused-ring (bicyclic) bond motifs is 2. The van der Waals surface area contributed by atoms with Crippen LogP contribution in [0, 0.1) is 0 Å². The zero-order chi connectivity index (χ0) is 30.0. The standard InChI is InChI=1S/C34H26N4O3S3/c39-26(19-21-11-4-1-5-12-21)37-27-32(40)38-28(24(20-43-33(27)38)30-36-25-17-10-18-35-31(25)44-30)34(42)41-29(22-13-6-2-7-14-22)23-15-8-3-9-16-23/h1-18,20,27-29,33H,19H2,(H,37,39)/t27?,28?,33-/m1/s1. The second-order valence-corrected chi connectivity index (χ2v) is 12.8. The van der Waals surface area contributed by atoms with Crippen molar-refractivity contribution in [3.63, 3.8) is 0 Å². The van der Waals surface area contributed by atoms with Gasteiger partial charge >= 0.3 is 0 Å². The van der Waals surface area contributed by atoms with Crippen LogP contribution in [0.3, 0.4) is 0 Å². The molecule has 0 aliphatic carbocycles. The van der Waals surface area contributed by atoms with E-state index >= 15 is 0 Å². The number of carbonyl (C=O) groups excluding carboxylic acids is 2. The van der Waals surface area contributed by atoms with Crippen LogP contribution in [-0.4, -0.2) is 49.2 Å². The van der Waals surface area contributed by atoms with Gasteiger partial charge in [-0.3, -0.25) is 9.59 Å². The number of aromatic nitrogens is 2. The molecule has 2 aliphatic heterocycles. The van der Waals surface area contributed by atoms with E-state index in [1.807, 2.05) is 109 Å². The average Bonchev–Trinajstić information content (AvgIpc) is 3.51. The number of amides is 2. The first-order chi connectivity index (χ1) is 21.6. The Labute approximate surface area is 268 Å². The second kappa shape index (κ2) is 12.3. The molecule has 2 aromatic heterocycles. The molecule has 3 atom stereocenters. The highest BCUT2D eigenvalue weighted by Crippen LogP contribution is 2.45. The van der Waals surface area contributed by atoms with Gasteiger partial charge in [0.25, 0.3) is 0 Å². The maximum atomic E-state index is 13.8. The first-order valence-electron chi connectivity index (χ1n) is 14.1. The fraction of sp³-hybridized carbons (Fsp3) is 0.147. The predicted molar refractivity (Wildman–Crippen MR) is 178 cm³/mol. The maximum Gasteiger partial charge on any atom is 0.250 e. The Morgan fingerprint density at radius 2 is 1.59 bits per heavy atom. The number of hydrogen-bond acceptors (Lipinski definition) is 8. The van der Waals surface area contributed by atoms with E-state index in [-0.39, 0.29) is 28.7 Å². The van der Waals surface area contributed by atoms with E-state index in [1.54, 1.807) is 11.1 Å². The molecule has 10 heteroatoms. The topological polar surface area (TPSA) is 84.4 Å². The van der Waals surface area contributed by atoms with Crippen LogP contribution in [0.4, 0.5) is 0 Å². The number of benzene rings is 3. The van der Waals surface area contributed by atoms with E-state index in [0.717, 1.165) is 37.6 Å². The average molecular weight is 635 g/mol. The van der Waals surface area contributed by atoms with Crippen LogP contribution in [0.25, 0.3) is 15.9 Å². The molecule has 0 bridgehead atoms. The third-order valence-electron chi connectivity index (χ3n) is 7.59. The van der Waals surface area contributed by atoms with Gasteiger partial charge in [-0.15, -0.1) is 11.8 Å². The number of β-lactam (4-membered cyclic amide) rings is 1. The number of thioether (sulfide) groups is 1. The van der Waals surface area contributed by atoms with E-state index in [4.69, 9.17) is 21.9 Å². The first kappa shape index (κ1) is 28.4. The van der Waals surface area contributed by atoms with Crippen molar-refractivity contribution in [1.82, 2.24) is 20.2 Å². The van der Waals surface area contributed by atoms with Gasteiger partial charge in [-0.2, -0.15) is 0 Å². The summed E-state index contributed by atoms with van der Waals surface area (Å²) >= 11 is 8.98. The normalized spacial score (nSPS) is 19.2. The number of pyridine rings is 1. The molecule has 0 saturated carbocycles. The molecular formula is C34H26N4O3S3. The zero-order valence-electron chi connectivity index (χ0n) is 23.3. The fourth-order valence-corrected chi connectivity index (χ4v) is 8.05. The van der Waals surface area contributed by atoms with Gasteiger partial charge in [-0.05, 0) is 46.4 Å². The summed E-state index contributed by atoms with van der Waals surface area (Å²) < 4.78 is 6.65. The summed E-state index contributed by atoms with van der Waals surface area (Å²) in [4.78, 5) is 38.6. The fourth-order valence-electron chi connectivity index (χ4n) is 5.47. The van der Waals surface area contributed by atoms with Crippen molar-refractivity contribution in [2.45, 2.75) is 30.0 Å². The molecule has 3 aromatic carbocycles. The number of carbonyl (C=O) groups is 2. The van der Waals surface area contributed by atoms with Crippen LogP contribution in [-0.2, 0) is 20.7 Å². The highest BCUT2D eigenvalue weighted by atomic mass is 32.2. The SMILES string of the molecule is O=C(Cc1ccccc1)NC1C(=O)N2C(C(=S)OC(c3ccccc3)c3ccccc3)C(c3nc4cccnc4s3)=CS[C@H]12. The molecule has 0 spiro atoms. The van der Waals surface area contributed by atoms with Crippen molar-refractivity contribution in [2.75, 3.05) is 0 Å². The summed E-state index contributed by atoms with van der Waals surface area (Å²) in [6.07, 6.45) is 1.46. The highest BCUT2D eigenvalue weighted by molar-refractivity contribution is 8.03. The molecule has 4 heterocycles. The number of hydrogen-bond donors (Lipinski definition) is 1. The molecule has 2 unspecified atom stereocenters. The molecule has 1 fully saturated rings. The van der Waals surface area contributed by atoms with E-state index in [2.05, 4.69) is 10.3 Å². The molecule has 1 saturated heterocycles. The largest absolute Gasteiger partial charge is 0.472 e. The van der Waals surface area contributed by atoms with E-state index < -0.39 is 18.2 Å². The molecule has 218 valence electrons. The first-order valence-corrected chi connectivity index (χ1v) is 16.3. The molecule has 2 amide bonds. The predicted octanol–water partition coefficient (Wildman–Crippen LogP) is 6.18. The summed E-state index contributed by atoms with van der Waals surface area (Å²) in [6.45, 7) is 0. The zero-order valence-corrected chi connectivity index (χ0v) is 25.7. The van der Waals surface area contributed by atoms with Crippen LogP contribution in [0.2, 0.25) is 0 Å². The molecular weight excluding hydrogens is 609 g/mol. The number of thiocarbonyl (C=S) groups is 1. The molecule has 44 heavy (non-hydrogen) atoms. The minimum atomic E-state index is -0.679. The van der Waals surface area contributed by atoms with E-state index in [9.17, 15) is 9.59 Å². The van der Waals surface area contributed by atoms with Crippen LogP contribution >= 0.6 is 35.3 Å². The Morgan fingerprint density at radius 3 is 2.25 bits per heavy atom. The van der Waals surface area contributed by atoms with Crippen LogP contribution < -0.4 is 5.32 Å². The Kier molecular flexibility index (Phi) is 7.95. The minimum absolute atomic E-state index is 0.197. The van der Waals surface area contributed by atoms with Crippen LogP contribution in [0.1, 0.15) is 27.8 Å². The highest BCUT2D eigenvalue weighted by Gasteiger charge is 2.56. The minimum Gasteiger partial charge on any atom is -0.472 e. The van der Waals surface area contributed by atoms with Gasteiger partial charge in [0.05, 0.1) is 6.42 Å². The number of ether oxygens (including phenoxy) is 1. The third-order valence-corrected chi connectivity index (χ3v) is 10.1. The summed E-state index contributed by atoms with van der Waals surface area (Å²) in [6, 6.07) is 31.7. The van der Waals surface area contributed by atoms with Crippen molar-refractivity contribution >= 4 is 68.1 Å². The van der Waals surface area contributed by atoms with Crippen molar-refractivity contribution in [1.29, 1.82) is 0 Å². The quantitative estimate of drug-likeness (QED) is 0.161. The summed E-state index contributed by atoms with van der Waals surface area (Å²) in [5.41, 5.74) is 4.33. The molecule has 5 aromatic rings. The van der Waals surface area contributed by atoms with Crippen LogP contribution in [0.15, 0.2) is 115 Å². The lowest BCUT2D eigenvalue weighted by Gasteiger charge is -2.52. The summed E-state index contributed by atoms with van der Waals surface area (Å²) in [5, 5.41) is 5.60. The van der Waals surface area contributed by atoms with Gasteiger partial charge < -0.3 is 15.0 Å². The second-order valence-electron chi connectivity index (χ2n) is 10.4. The van der Waals surface area contributed by atoms with E-state index in [0.29, 0.717) is 0 Å². The molecule has 1 N–H and O–H groups in total. The van der Waals surface area contributed by atoms with Gasteiger partial charge in [0, 0.05) is 11.8 Å². The number of nitrogens with one attached hydrogen (secondary N) is 1. The van der Waals surface area contributed by atoms with Crippen molar-refractivity contribution < 1.29 is 14.3 Å². The lowest BCUT2D eigenvalue weighted by molar-refractivity contribution is -0.149. The third kappa shape index (κ3) is 5.52. The van der Waals surface area contributed by atoms with Gasteiger partial charge in [-0.1, -0.05) is 102 Å². The molecule has 2 aliphatic rings. The lowest BCUT2D eigenvalue weighted by atomic mass is 9.97. The van der Waals surface area contributed by atoms with Gasteiger partial charge in [-0.25, -0.2) is 9.97 Å². The Hall–Kier alpha value is -4.38. The molecule has 7 nitrogen and oxygen atoms in total. The molecule has 0 radical (unpaired) electrons. The summed E-state index contributed by atoms with van der Waals surface area (Å²) in [7, 11) is 0. The number of thiazole rings is 1.